The van der Waals surface area contributed by atoms with Crippen LogP contribution in [0.15, 0.2) is 90.3 Å². The second kappa shape index (κ2) is 13.4. The maximum absolute atomic E-state index is 14.2. The number of aromatic nitrogens is 2. The van der Waals surface area contributed by atoms with E-state index in [-0.39, 0.29) is 34.6 Å². The number of ketones is 1. The number of ether oxygens (including phenoxy) is 1. The van der Waals surface area contributed by atoms with Crippen LogP contribution < -0.4 is 4.72 Å². The summed E-state index contributed by atoms with van der Waals surface area (Å²) in [4.78, 5) is 32.1. The Bertz CT molecular complexity index is 1780. The molecule has 2 unspecified atom stereocenters. The van der Waals surface area contributed by atoms with Crippen molar-refractivity contribution >= 4 is 27.5 Å². The van der Waals surface area contributed by atoms with Crippen LogP contribution in [0.2, 0.25) is 0 Å². The minimum atomic E-state index is -3.98. The van der Waals surface area contributed by atoms with Gasteiger partial charge in [-0.15, -0.1) is 0 Å². The van der Waals surface area contributed by atoms with E-state index in [1.165, 1.54) is 41.4 Å². The number of aryl methyl sites for hydroxylation is 3. The van der Waals surface area contributed by atoms with E-state index in [2.05, 4.69) is 9.71 Å². The first-order chi connectivity index (χ1) is 22.1. The van der Waals surface area contributed by atoms with Gasteiger partial charge in [0.2, 0.25) is 0 Å². The first-order valence-corrected chi connectivity index (χ1v) is 17.0. The fourth-order valence-electron chi connectivity index (χ4n) is 6.37. The molecule has 0 spiro atoms. The van der Waals surface area contributed by atoms with Gasteiger partial charge in [-0.3, -0.25) is 14.3 Å². The summed E-state index contributed by atoms with van der Waals surface area (Å²) in [5.41, 5.74) is 0.855. The molecule has 1 aliphatic heterocycles. The molecule has 1 aliphatic rings. The number of Topliss-reactive ketones (excluding diaryl/α,β-unsaturated/α-hetero) is 1. The monoisotopic (exact) mass is 663 g/mol. The molecule has 1 aromatic heterocycles. The zero-order chi connectivity index (χ0) is 34.0. The molecule has 8 nitrogen and oxygen atoms in total. The molecule has 1 fully saturated rings. The number of carbonyl (C=O) groups is 2. The number of cyclic esters (lactones) is 1. The predicted octanol–water partition coefficient (Wildman–Crippen LogP) is 6.77. The molecule has 3 aromatic carbocycles. The van der Waals surface area contributed by atoms with Crippen molar-refractivity contribution in [2.75, 3.05) is 4.72 Å². The zero-order valence-electron chi connectivity index (χ0n) is 26.9. The van der Waals surface area contributed by atoms with Crippen LogP contribution in [-0.2, 0) is 44.2 Å². The Morgan fingerprint density at radius 1 is 0.957 bits per heavy atom. The molecule has 0 radical (unpaired) electrons. The summed E-state index contributed by atoms with van der Waals surface area (Å²) in [6.45, 7) is 5.77. The summed E-state index contributed by atoms with van der Waals surface area (Å²) in [5.74, 6) is -3.37. The van der Waals surface area contributed by atoms with Crippen molar-refractivity contribution in [3.05, 3.63) is 114 Å². The van der Waals surface area contributed by atoms with Crippen molar-refractivity contribution in [1.82, 2.24) is 9.55 Å². The Balaban J connectivity index is 1.42. The van der Waals surface area contributed by atoms with Gasteiger partial charge in [-0.1, -0.05) is 57.2 Å². The van der Waals surface area contributed by atoms with E-state index in [0.717, 1.165) is 11.1 Å². The van der Waals surface area contributed by atoms with E-state index in [9.17, 15) is 26.8 Å². The van der Waals surface area contributed by atoms with Crippen LogP contribution >= 0.6 is 0 Å². The second-order valence-corrected chi connectivity index (χ2v) is 15.1. The number of halogens is 2. The fraction of sp³-hybridized carbons (Fsp3) is 0.361. The molecule has 4 aromatic rings. The van der Waals surface area contributed by atoms with Gasteiger partial charge in [-0.2, -0.15) is 8.42 Å². The van der Waals surface area contributed by atoms with E-state index in [4.69, 9.17) is 4.74 Å². The normalized spacial score (nSPS) is 17.3. The van der Waals surface area contributed by atoms with Gasteiger partial charge in [-0.25, -0.2) is 13.8 Å². The minimum absolute atomic E-state index is 0.0234. The molecule has 1 N–H and O–H groups in total. The molecule has 0 bridgehead atoms. The molecule has 0 saturated carbocycles. The van der Waals surface area contributed by atoms with Gasteiger partial charge in [0.05, 0.1) is 6.33 Å². The lowest BCUT2D eigenvalue weighted by Gasteiger charge is -2.44. The molecule has 5 rings (SSSR count). The van der Waals surface area contributed by atoms with Crippen molar-refractivity contribution < 1.29 is 31.5 Å². The van der Waals surface area contributed by atoms with Crippen molar-refractivity contribution in [3.63, 3.8) is 0 Å². The lowest BCUT2D eigenvalue weighted by Crippen LogP contribution is -2.51. The third-order valence-electron chi connectivity index (χ3n) is 8.70. The smallest absolute Gasteiger partial charge is 0.317 e. The van der Waals surface area contributed by atoms with Crippen LogP contribution in [0.1, 0.15) is 62.6 Å². The highest BCUT2D eigenvalue weighted by molar-refractivity contribution is 7.92. The number of carbonyl (C=O) groups excluding carboxylic acids is 2. The number of hydrogen-bond acceptors (Lipinski definition) is 6. The summed E-state index contributed by atoms with van der Waals surface area (Å²) < 4.78 is 63.4. The van der Waals surface area contributed by atoms with Gasteiger partial charge in [0.15, 0.2) is 10.8 Å². The van der Waals surface area contributed by atoms with Crippen LogP contribution in [0.3, 0.4) is 0 Å². The van der Waals surface area contributed by atoms with Crippen molar-refractivity contribution in [3.8, 4) is 0 Å². The highest BCUT2D eigenvalue weighted by Crippen LogP contribution is 2.47. The fourth-order valence-corrected chi connectivity index (χ4v) is 7.40. The average Bonchev–Trinajstić information content (AvgIpc) is 3.45. The summed E-state index contributed by atoms with van der Waals surface area (Å²) in [6.07, 6.45) is 4.35. The quantitative estimate of drug-likeness (QED) is 0.140. The first kappa shape index (κ1) is 34.0. The number of nitrogens with one attached hydrogen (secondary N) is 1. The lowest BCUT2D eigenvalue weighted by atomic mass is 9.65. The second-order valence-electron chi connectivity index (χ2n) is 13.4. The summed E-state index contributed by atoms with van der Waals surface area (Å²) >= 11 is 0. The predicted molar refractivity (Wildman–Crippen MR) is 174 cm³/mol. The van der Waals surface area contributed by atoms with Crippen LogP contribution in [0.5, 0.6) is 0 Å². The molecule has 0 aliphatic carbocycles. The van der Waals surface area contributed by atoms with Gasteiger partial charge in [-0.05, 0) is 84.2 Å². The van der Waals surface area contributed by atoms with Crippen LogP contribution in [-0.4, -0.2) is 35.3 Å². The van der Waals surface area contributed by atoms with E-state index >= 15 is 0 Å². The highest BCUT2D eigenvalue weighted by atomic mass is 32.2. The van der Waals surface area contributed by atoms with Crippen molar-refractivity contribution in [2.45, 2.75) is 69.4 Å². The summed E-state index contributed by atoms with van der Waals surface area (Å²) in [5, 5.41) is -0.138. The molecule has 2 heterocycles. The third kappa shape index (κ3) is 8.13. The van der Waals surface area contributed by atoms with E-state index in [0.29, 0.717) is 31.2 Å². The molecular formula is C36H39F2N3O5S. The number of benzene rings is 3. The SMILES string of the molecule is Cn1cnc(S(=O)(=O)Nc2cccc(C(C3C(=O)CC(CCc4ccc(F)cc4)(CCc4ccc(F)cc4)OC3=O)C(C)(C)C)c2)c1. The number of esters is 1. The van der Waals surface area contributed by atoms with Crippen molar-refractivity contribution in [2.24, 2.45) is 18.4 Å². The Kier molecular flexibility index (Phi) is 9.68. The molecular weight excluding hydrogens is 624 g/mol. The standard InChI is InChI=1S/C36H39F2N3O5S/c1-35(2,3)33(26-6-5-7-29(20-26)40-47(44,45)31-22-41(4)23-39-31)32-30(42)21-36(46-34(32)43,18-16-24-8-12-27(37)13-9-24)19-17-25-10-14-28(38)15-11-25/h5-15,20,22-23,32-33,40H,16-19,21H2,1-4H3. The Hall–Kier alpha value is -4.38. The van der Waals surface area contributed by atoms with Gasteiger partial charge in [0.1, 0.15) is 23.2 Å². The van der Waals surface area contributed by atoms with Crippen molar-refractivity contribution in [1.29, 1.82) is 0 Å². The van der Waals surface area contributed by atoms with E-state index in [1.807, 2.05) is 20.8 Å². The average molecular weight is 664 g/mol. The van der Waals surface area contributed by atoms with Gasteiger partial charge >= 0.3 is 5.97 Å². The number of sulfonamides is 1. The van der Waals surface area contributed by atoms with Gasteiger partial charge in [0, 0.05) is 31.3 Å². The zero-order valence-corrected chi connectivity index (χ0v) is 27.7. The number of hydrogen-bond donors (Lipinski definition) is 1. The summed E-state index contributed by atoms with van der Waals surface area (Å²) in [6, 6.07) is 18.8. The minimum Gasteiger partial charge on any atom is -0.458 e. The topological polar surface area (TPSA) is 107 Å². The highest BCUT2D eigenvalue weighted by Gasteiger charge is 2.51. The number of nitrogens with zero attached hydrogens (tertiary/aromatic N) is 2. The maximum atomic E-state index is 14.2. The lowest BCUT2D eigenvalue weighted by molar-refractivity contribution is -0.181. The number of rotatable bonds is 11. The van der Waals surface area contributed by atoms with E-state index < -0.39 is 38.8 Å². The van der Waals surface area contributed by atoms with Crippen LogP contribution in [0, 0.1) is 23.0 Å². The molecule has 2 atom stereocenters. The Labute approximate surface area is 274 Å². The number of imidazole rings is 1. The van der Waals surface area contributed by atoms with Gasteiger partial charge in [0.25, 0.3) is 10.0 Å². The largest absolute Gasteiger partial charge is 0.458 e. The molecule has 0 amide bonds. The molecule has 1 saturated heterocycles. The molecule has 11 heteroatoms. The molecule has 248 valence electrons. The summed E-state index contributed by atoms with van der Waals surface area (Å²) in [7, 11) is -2.31. The van der Waals surface area contributed by atoms with Crippen LogP contribution in [0.25, 0.3) is 0 Å². The Morgan fingerprint density at radius 3 is 2.02 bits per heavy atom. The van der Waals surface area contributed by atoms with E-state index in [1.54, 1.807) is 55.6 Å². The third-order valence-corrected chi connectivity index (χ3v) is 9.97. The molecule has 47 heavy (non-hydrogen) atoms. The Morgan fingerprint density at radius 2 is 1.53 bits per heavy atom. The van der Waals surface area contributed by atoms with Crippen LogP contribution in [0.4, 0.5) is 14.5 Å². The maximum Gasteiger partial charge on any atom is 0.317 e. The first-order valence-electron chi connectivity index (χ1n) is 15.5. The van der Waals surface area contributed by atoms with Gasteiger partial charge < -0.3 is 9.30 Å². The number of anilines is 1.